The first-order valence-electron chi connectivity index (χ1n) is 12.0. The molecule has 0 saturated carbocycles. The number of fused-ring (bicyclic) bond motifs is 2. The maximum atomic E-state index is 14.0. The summed E-state index contributed by atoms with van der Waals surface area (Å²) in [6.07, 6.45) is -0.268. The van der Waals surface area contributed by atoms with Gasteiger partial charge in [0.1, 0.15) is 16.4 Å². The minimum Gasteiger partial charge on any atom is -0.462 e. The molecule has 1 amide bonds. The zero-order chi connectivity index (χ0) is 26.3. The number of ether oxygens (including phenoxy) is 1. The van der Waals surface area contributed by atoms with Crippen molar-refractivity contribution in [3.05, 3.63) is 62.1 Å². The van der Waals surface area contributed by atoms with Crippen LogP contribution in [0.5, 0.6) is 0 Å². The van der Waals surface area contributed by atoms with Crippen LogP contribution in [0.25, 0.3) is 0 Å². The number of anilines is 2. The minimum absolute atomic E-state index is 0.0157. The second kappa shape index (κ2) is 10.1. The van der Waals surface area contributed by atoms with Gasteiger partial charge < -0.3 is 15.4 Å². The molecule has 2 aromatic heterocycles. The van der Waals surface area contributed by atoms with Crippen LogP contribution in [0.1, 0.15) is 75.0 Å². The Bertz CT molecular complexity index is 1340. The highest BCUT2D eigenvalue weighted by atomic mass is 79.9. The molecule has 1 aliphatic carbocycles. The van der Waals surface area contributed by atoms with Gasteiger partial charge >= 0.3 is 12.1 Å². The molecule has 1 aliphatic heterocycles. The van der Waals surface area contributed by atoms with E-state index in [4.69, 9.17) is 4.74 Å². The Morgan fingerprint density at radius 3 is 2.68 bits per heavy atom. The molecule has 196 valence electrons. The van der Waals surface area contributed by atoms with Crippen LogP contribution in [-0.4, -0.2) is 34.4 Å². The lowest BCUT2D eigenvalue weighted by Crippen LogP contribution is -2.36. The first-order chi connectivity index (χ1) is 17.7. The van der Waals surface area contributed by atoms with E-state index in [1.54, 1.807) is 31.2 Å². The van der Waals surface area contributed by atoms with Crippen molar-refractivity contribution in [1.29, 1.82) is 0 Å². The summed E-state index contributed by atoms with van der Waals surface area (Å²) in [6, 6.07) is 4.41. The predicted octanol–water partition coefficient (Wildman–Crippen LogP) is 6.68. The summed E-state index contributed by atoms with van der Waals surface area (Å²) in [5.74, 6) is -1.17. The first-order valence-corrected chi connectivity index (χ1v) is 13.6. The lowest BCUT2D eigenvalue weighted by atomic mass is 9.95. The Hall–Kier alpha value is -2.86. The number of aromatic nitrogens is 2. The van der Waals surface area contributed by atoms with Crippen molar-refractivity contribution < 1.29 is 27.5 Å². The molecule has 37 heavy (non-hydrogen) atoms. The van der Waals surface area contributed by atoms with E-state index in [1.807, 2.05) is 0 Å². The number of rotatable bonds is 5. The molecule has 2 N–H and O–H groups in total. The third-order valence-electron chi connectivity index (χ3n) is 6.63. The van der Waals surface area contributed by atoms with Crippen LogP contribution >= 0.6 is 27.3 Å². The van der Waals surface area contributed by atoms with Crippen LogP contribution < -0.4 is 10.6 Å². The monoisotopic (exact) mass is 596 g/mol. The SMILES string of the molecule is CCOC(=O)c1c(NC(=O)c2cnn3c2N[C@H](c2ccc(Br)cc2)C[C@@H]3C(F)(F)F)sc2c1CCCC2. The molecular formula is C25H24BrF3N4O3S. The summed E-state index contributed by atoms with van der Waals surface area (Å²) in [5.41, 5.74) is 1.85. The molecule has 0 saturated heterocycles. The fraction of sp³-hybridized carbons (Fsp3) is 0.400. The molecule has 0 radical (unpaired) electrons. The number of halogens is 4. The fourth-order valence-corrected chi connectivity index (χ4v) is 6.42. The maximum Gasteiger partial charge on any atom is 0.410 e. The van der Waals surface area contributed by atoms with Crippen molar-refractivity contribution in [2.45, 2.75) is 57.3 Å². The lowest BCUT2D eigenvalue weighted by Gasteiger charge is -2.34. The van der Waals surface area contributed by atoms with Crippen LogP contribution in [-0.2, 0) is 17.6 Å². The largest absolute Gasteiger partial charge is 0.462 e. The van der Waals surface area contributed by atoms with E-state index in [0.29, 0.717) is 22.5 Å². The Balaban J connectivity index is 1.49. The first kappa shape index (κ1) is 25.8. The number of hydrogen-bond donors (Lipinski definition) is 2. The lowest BCUT2D eigenvalue weighted by molar-refractivity contribution is -0.173. The molecule has 1 aromatic carbocycles. The highest BCUT2D eigenvalue weighted by Gasteiger charge is 2.47. The fourth-order valence-electron chi connectivity index (χ4n) is 4.89. The number of carbonyl (C=O) groups is 2. The van der Waals surface area contributed by atoms with Crippen molar-refractivity contribution >= 4 is 50.0 Å². The molecule has 0 unspecified atom stereocenters. The van der Waals surface area contributed by atoms with Crippen molar-refractivity contribution in [2.75, 3.05) is 17.2 Å². The summed E-state index contributed by atoms with van der Waals surface area (Å²) >= 11 is 4.66. The number of amides is 1. The average Bonchev–Trinajstić information content (AvgIpc) is 3.44. The molecule has 3 heterocycles. The summed E-state index contributed by atoms with van der Waals surface area (Å²) in [6.45, 7) is 1.90. The predicted molar refractivity (Wildman–Crippen MR) is 137 cm³/mol. The van der Waals surface area contributed by atoms with E-state index < -0.39 is 30.1 Å². The summed E-state index contributed by atoms with van der Waals surface area (Å²) in [7, 11) is 0. The number of nitrogens with one attached hydrogen (secondary N) is 2. The van der Waals surface area contributed by atoms with Gasteiger partial charge in [0.2, 0.25) is 0 Å². The Morgan fingerprint density at radius 2 is 1.97 bits per heavy atom. The smallest absolute Gasteiger partial charge is 0.410 e. The van der Waals surface area contributed by atoms with E-state index in [9.17, 15) is 22.8 Å². The standard InChI is InChI=1S/C25H24BrF3N4O3S/c1-2-36-24(35)20-15-5-3-4-6-18(15)37-23(20)32-22(34)16-12-30-33-19(25(27,28)29)11-17(31-21(16)33)13-7-9-14(26)10-8-13/h7-10,12,17,19,31H,2-6,11H2,1H3,(H,32,34)/t17-,19+/m0/s1. The molecular weight excluding hydrogens is 573 g/mol. The summed E-state index contributed by atoms with van der Waals surface area (Å²) < 4.78 is 49.0. The third-order valence-corrected chi connectivity index (χ3v) is 8.37. The van der Waals surface area contributed by atoms with Gasteiger partial charge in [-0.1, -0.05) is 28.1 Å². The molecule has 0 bridgehead atoms. The zero-order valence-corrected chi connectivity index (χ0v) is 22.2. The van der Waals surface area contributed by atoms with Gasteiger partial charge in [-0.2, -0.15) is 18.3 Å². The quantitative estimate of drug-likeness (QED) is 0.321. The highest BCUT2D eigenvalue weighted by molar-refractivity contribution is 9.10. The summed E-state index contributed by atoms with van der Waals surface area (Å²) in [5, 5.41) is 10.2. The second-order valence-electron chi connectivity index (χ2n) is 8.98. The van der Waals surface area contributed by atoms with Crippen LogP contribution in [0.4, 0.5) is 24.0 Å². The van der Waals surface area contributed by atoms with Crippen molar-refractivity contribution in [3.63, 3.8) is 0 Å². The minimum atomic E-state index is -4.56. The number of nitrogens with zero attached hydrogens (tertiary/aromatic N) is 2. The van der Waals surface area contributed by atoms with Gasteiger partial charge in [-0.15, -0.1) is 11.3 Å². The number of benzene rings is 1. The van der Waals surface area contributed by atoms with Crippen molar-refractivity contribution in [2.24, 2.45) is 0 Å². The maximum absolute atomic E-state index is 14.0. The van der Waals surface area contributed by atoms with Gasteiger partial charge in [-0.05, 0) is 55.9 Å². The van der Waals surface area contributed by atoms with Crippen molar-refractivity contribution in [1.82, 2.24) is 9.78 Å². The van der Waals surface area contributed by atoms with Crippen LogP contribution in [0.3, 0.4) is 0 Å². The molecule has 5 rings (SSSR count). The van der Waals surface area contributed by atoms with Crippen LogP contribution in [0, 0.1) is 0 Å². The van der Waals surface area contributed by atoms with Gasteiger partial charge in [0.15, 0.2) is 6.04 Å². The molecule has 0 spiro atoms. The number of esters is 1. The van der Waals surface area contributed by atoms with E-state index >= 15 is 0 Å². The van der Waals surface area contributed by atoms with Gasteiger partial charge in [-0.25, -0.2) is 9.48 Å². The second-order valence-corrected chi connectivity index (χ2v) is 11.0. The normalized spacial score (nSPS) is 18.9. The van der Waals surface area contributed by atoms with Gasteiger partial charge in [0, 0.05) is 15.8 Å². The van der Waals surface area contributed by atoms with Crippen molar-refractivity contribution in [3.8, 4) is 0 Å². The molecule has 12 heteroatoms. The number of hydrogen-bond acceptors (Lipinski definition) is 6. The highest BCUT2D eigenvalue weighted by Crippen LogP contribution is 2.45. The van der Waals surface area contributed by atoms with Crippen LogP contribution in [0.2, 0.25) is 0 Å². The number of carbonyl (C=O) groups excluding carboxylic acids is 2. The Morgan fingerprint density at radius 1 is 1.24 bits per heavy atom. The third kappa shape index (κ3) is 5.00. The van der Waals surface area contributed by atoms with E-state index in [0.717, 1.165) is 45.1 Å². The van der Waals surface area contributed by atoms with E-state index in [-0.39, 0.29) is 24.4 Å². The topological polar surface area (TPSA) is 85.2 Å². The van der Waals surface area contributed by atoms with E-state index in [1.165, 1.54) is 11.3 Å². The molecule has 3 aromatic rings. The molecule has 7 nitrogen and oxygen atoms in total. The van der Waals surface area contributed by atoms with Gasteiger partial charge in [0.05, 0.1) is 24.4 Å². The average molecular weight is 597 g/mol. The molecule has 0 fully saturated rings. The zero-order valence-electron chi connectivity index (χ0n) is 19.8. The number of aryl methyl sites for hydroxylation is 1. The Labute approximate surface area is 223 Å². The number of alkyl halides is 3. The van der Waals surface area contributed by atoms with Crippen LogP contribution in [0.15, 0.2) is 34.9 Å². The van der Waals surface area contributed by atoms with Gasteiger partial charge in [0.25, 0.3) is 5.91 Å². The van der Waals surface area contributed by atoms with E-state index in [2.05, 4.69) is 31.7 Å². The number of thiophene rings is 1. The molecule has 2 atom stereocenters. The molecule has 2 aliphatic rings. The Kier molecular flexibility index (Phi) is 7.06. The van der Waals surface area contributed by atoms with Gasteiger partial charge in [-0.3, -0.25) is 4.79 Å². The summed E-state index contributed by atoms with van der Waals surface area (Å²) in [4.78, 5) is 27.2.